The Morgan fingerprint density at radius 2 is 1.94 bits per heavy atom. The quantitative estimate of drug-likeness (QED) is 0.464. The van der Waals surface area contributed by atoms with Crippen LogP contribution < -0.4 is 15.6 Å². The average Bonchev–Trinajstić information content (AvgIpc) is 2.80. The Kier molecular flexibility index (Phi) is 6.26. The Morgan fingerprint density at radius 3 is 2.75 bits per heavy atom. The van der Waals surface area contributed by atoms with Crippen LogP contribution in [-0.2, 0) is 17.8 Å². The molecule has 7 heteroatoms. The second kappa shape index (κ2) is 9.43. The number of hydrogen-bond acceptors (Lipinski definition) is 5. The number of nitrogens with zero attached hydrogens (tertiary/aromatic N) is 2. The number of hydrogen-bond donors (Lipinski definition) is 2. The highest BCUT2D eigenvalue weighted by atomic mass is 16.5. The Labute approximate surface area is 185 Å². The van der Waals surface area contributed by atoms with Gasteiger partial charge in [0.05, 0.1) is 10.9 Å². The number of para-hydroxylation sites is 1. The number of benzene rings is 2. The number of ether oxygens (including phenoxy) is 1. The summed E-state index contributed by atoms with van der Waals surface area (Å²) in [5.41, 5.74) is 3.45. The van der Waals surface area contributed by atoms with E-state index >= 15 is 0 Å². The summed E-state index contributed by atoms with van der Waals surface area (Å²) in [6.45, 7) is 4.36. The van der Waals surface area contributed by atoms with E-state index in [0.717, 1.165) is 22.4 Å². The zero-order valence-corrected chi connectivity index (χ0v) is 18.0. The van der Waals surface area contributed by atoms with Gasteiger partial charge in [0.1, 0.15) is 11.6 Å². The first-order valence-corrected chi connectivity index (χ1v) is 10.4. The lowest BCUT2D eigenvalue weighted by Gasteiger charge is -2.10. The number of H-pyrrole nitrogens is 1. The van der Waals surface area contributed by atoms with Crippen LogP contribution >= 0.6 is 0 Å². The third kappa shape index (κ3) is 5.18. The second-order valence-corrected chi connectivity index (χ2v) is 7.68. The van der Waals surface area contributed by atoms with Gasteiger partial charge in [0.2, 0.25) is 11.8 Å². The number of aryl methyl sites for hydroxylation is 3. The number of amides is 1. The van der Waals surface area contributed by atoms with Gasteiger partial charge in [0, 0.05) is 31.6 Å². The number of aromatic amines is 1. The molecule has 0 saturated heterocycles. The number of nitrogens with one attached hydrogen (secondary N) is 2. The van der Waals surface area contributed by atoms with Crippen molar-refractivity contribution in [2.75, 3.05) is 0 Å². The summed E-state index contributed by atoms with van der Waals surface area (Å²) in [6.07, 6.45) is 2.26. The lowest BCUT2D eigenvalue weighted by molar-refractivity contribution is -0.121. The minimum Gasteiger partial charge on any atom is -0.439 e. The van der Waals surface area contributed by atoms with Crippen LogP contribution in [0.4, 0.5) is 0 Å². The summed E-state index contributed by atoms with van der Waals surface area (Å²) in [6, 6.07) is 16.8. The van der Waals surface area contributed by atoms with E-state index < -0.39 is 0 Å². The summed E-state index contributed by atoms with van der Waals surface area (Å²) in [5.74, 6) is 1.65. The maximum Gasteiger partial charge on any atom is 0.258 e. The monoisotopic (exact) mass is 428 g/mol. The van der Waals surface area contributed by atoms with Crippen LogP contribution in [0.1, 0.15) is 28.9 Å². The summed E-state index contributed by atoms with van der Waals surface area (Å²) >= 11 is 0. The van der Waals surface area contributed by atoms with Crippen molar-refractivity contribution in [3.8, 4) is 11.6 Å². The zero-order chi connectivity index (χ0) is 22.5. The van der Waals surface area contributed by atoms with Gasteiger partial charge < -0.3 is 15.0 Å². The molecule has 0 unspecified atom stereocenters. The Hall–Kier alpha value is -4.00. The van der Waals surface area contributed by atoms with Crippen molar-refractivity contribution in [1.29, 1.82) is 0 Å². The van der Waals surface area contributed by atoms with Crippen molar-refractivity contribution >= 4 is 16.8 Å². The van der Waals surface area contributed by atoms with E-state index in [2.05, 4.69) is 20.3 Å². The SMILES string of the molecule is Cc1ccc(C)c(Oc2ccc(CNC(=O)CCc3nc4ccccc4c(=O)[nH]3)cn2)c1. The van der Waals surface area contributed by atoms with E-state index in [0.29, 0.717) is 35.6 Å². The zero-order valence-electron chi connectivity index (χ0n) is 18.0. The molecule has 0 aliphatic rings. The predicted octanol–water partition coefficient (Wildman–Crippen LogP) is 3.98. The Bertz CT molecular complexity index is 1310. The molecule has 0 radical (unpaired) electrons. The number of carbonyl (C=O) groups is 1. The van der Waals surface area contributed by atoms with Gasteiger partial charge in [-0.1, -0.05) is 30.3 Å². The molecule has 4 aromatic rings. The summed E-state index contributed by atoms with van der Waals surface area (Å²) in [5, 5.41) is 3.41. The number of pyridine rings is 1. The van der Waals surface area contributed by atoms with Crippen molar-refractivity contribution in [3.63, 3.8) is 0 Å². The fourth-order valence-electron chi connectivity index (χ4n) is 3.28. The number of carbonyl (C=O) groups excluding carboxylic acids is 1. The lowest BCUT2D eigenvalue weighted by atomic mass is 10.1. The molecular formula is C25H24N4O3. The molecule has 0 atom stereocenters. The standard InChI is InChI=1S/C25H24N4O3/c1-16-7-8-17(2)21(13-16)32-24-12-9-18(15-27-24)14-26-23(30)11-10-22-28-20-6-4-3-5-19(20)25(31)29-22/h3-9,12-13,15H,10-11,14H2,1-2H3,(H,26,30)(H,28,29,31). The summed E-state index contributed by atoms with van der Waals surface area (Å²) in [4.78, 5) is 35.9. The van der Waals surface area contributed by atoms with Crippen molar-refractivity contribution in [2.24, 2.45) is 0 Å². The van der Waals surface area contributed by atoms with Crippen LogP contribution in [0, 0.1) is 13.8 Å². The highest BCUT2D eigenvalue weighted by Crippen LogP contribution is 2.24. The predicted molar refractivity (Wildman–Crippen MR) is 123 cm³/mol. The Balaban J connectivity index is 1.29. The highest BCUT2D eigenvalue weighted by Gasteiger charge is 2.08. The molecular weight excluding hydrogens is 404 g/mol. The van der Waals surface area contributed by atoms with E-state index in [1.54, 1.807) is 30.5 Å². The average molecular weight is 428 g/mol. The van der Waals surface area contributed by atoms with Gasteiger partial charge in [0.25, 0.3) is 5.56 Å². The van der Waals surface area contributed by atoms with Crippen molar-refractivity contribution in [3.05, 3.63) is 93.7 Å². The largest absolute Gasteiger partial charge is 0.439 e. The first kappa shape index (κ1) is 21.2. The first-order valence-electron chi connectivity index (χ1n) is 10.4. The van der Waals surface area contributed by atoms with Crippen LogP contribution in [-0.4, -0.2) is 20.9 Å². The van der Waals surface area contributed by atoms with Crippen LogP contribution in [0.25, 0.3) is 10.9 Å². The van der Waals surface area contributed by atoms with Gasteiger partial charge in [-0.15, -0.1) is 0 Å². The van der Waals surface area contributed by atoms with Gasteiger partial charge >= 0.3 is 0 Å². The molecule has 7 nitrogen and oxygen atoms in total. The van der Waals surface area contributed by atoms with E-state index in [1.165, 1.54) is 0 Å². The van der Waals surface area contributed by atoms with Gasteiger partial charge in [-0.2, -0.15) is 0 Å². The Morgan fingerprint density at radius 1 is 1.09 bits per heavy atom. The van der Waals surface area contributed by atoms with E-state index in [4.69, 9.17) is 4.74 Å². The van der Waals surface area contributed by atoms with Crippen LogP contribution in [0.5, 0.6) is 11.6 Å². The van der Waals surface area contributed by atoms with Gasteiger partial charge in [-0.05, 0) is 48.7 Å². The van der Waals surface area contributed by atoms with Crippen molar-refractivity contribution in [1.82, 2.24) is 20.3 Å². The summed E-state index contributed by atoms with van der Waals surface area (Å²) < 4.78 is 5.86. The molecule has 2 aromatic carbocycles. The fraction of sp³-hybridized carbons (Fsp3) is 0.200. The van der Waals surface area contributed by atoms with Gasteiger partial charge in [0.15, 0.2) is 0 Å². The number of fused-ring (bicyclic) bond motifs is 1. The van der Waals surface area contributed by atoms with Crippen LogP contribution in [0.15, 0.2) is 65.6 Å². The molecule has 2 aromatic heterocycles. The maximum atomic E-state index is 12.2. The minimum absolute atomic E-state index is 0.128. The molecule has 32 heavy (non-hydrogen) atoms. The fourth-order valence-corrected chi connectivity index (χ4v) is 3.28. The normalized spacial score (nSPS) is 10.8. The molecule has 0 saturated carbocycles. The molecule has 2 N–H and O–H groups in total. The van der Waals surface area contributed by atoms with Gasteiger partial charge in [-0.25, -0.2) is 9.97 Å². The molecule has 2 heterocycles. The minimum atomic E-state index is -0.194. The number of rotatable bonds is 7. The van der Waals surface area contributed by atoms with Crippen LogP contribution in [0.2, 0.25) is 0 Å². The molecule has 0 bridgehead atoms. The third-order valence-corrected chi connectivity index (χ3v) is 5.10. The molecule has 162 valence electrons. The number of aromatic nitrogens is 3. The summed E-state index contributed by atoms with van der Waals surface area (Å²) in [7, 11) is 0. The highest BCUT2D eigenvalue weighted by molar-refractivity contribution is 5.78. The molecule has 0 aliphatic heterocycles. The molecule has 0 aliphatic carbocycles. The van der Waals surface area contributed by atoms with Crippen LogP contribution in [0.3, 0.4) is 0 Å². The topological polar surface area (TPSA) is 97.0 Å². The van der Waals surface area contributed by atoms with E-state index in [9.17, 15) is 9.59 Å². The maximum absolute atomic E-state index is 12.2. The van der Waals surface area contributed by atoms with Gasteiger partial charge in [-0.3, -0.25) is 9.59 Å². The lowest BCUT2D eigenvalue weighted by Crippen LogP contribution is -2.23. The van der Waals surface area contributed by atoms with E-state index in [1.807, 2.05) is 44.2 Å². The van der Waals surface area contributed by atoms with Crippen molar-refractivity contribution < 1.29 is 9.53 Å². The van der Waals surface area contributed by atoms with E-state index in [-0.39, 0.29) is 17.9 Å². The third-order valence-electron chi connectivity index (χ3n) is 5.10. The van der Waals surface area contributed by atoms with Crippen molar-refractivity contribution in [2.45, 2.75) is 33.2 Å². The first-order chi connectivity index (χ1) is 15.5. The molecule has 0 spiro atoms. The molecule has 4 rings (SSSR count). The molecule has 0 fully saturated rings. The second-order valence-electron chi connectivity index (χ2n) is 7.68. The molecule has 1 amide bonds. The smallest absolute Gasteiger partial charge is 0.258 e.